The minimum absolute atomic E-state index is 0.105. The molecule has 0 aliphatic carbocycles. The van der Waals surface area contributed by atoms with Crippen LogP contribution in [-0.2, 0) is 4.74 Å². The number of imidazole rings is 1. The van der Waals surface area contributed by atoms with Crippen LogP contribution in [0.5, 0.6) is 11.5 Å². The van der Waals surface area contributed by atoms with Gasteiger partial charge in [-0.25, -0.2) is 9.78 Å². The maximum atomic E-state index is 11.6. The quantitative estimate of drug-likeness (QED) is 0.753. The van der Waals surface area contributed by atoms with Crippen LogP contribution < -0.4 is 4.74 Å². The van der Waals surface area contributed by atoms with Crippen molar-refractivity contribution in [3.8, 4) is 16.5 Å². The normalized spacial score (nSPS) is 10.8. The highest BCUT2D eigenvalue weighted by Gasteiger charge is 2.18. The van der Waals surface area contributed by atoms with E-state index in [4.69, 9.17) is 4.74 Å². The molecule has 3 aromatic rings. The van der Waals surface area contributed by atoms with E-state index >= 15 is 0 Å². The van der Waals surface area contributed by atoms with E-state index in [1.165, 1.54) is 13.2 Å². The average Bonchev–Trinajstić information content (AvgIpc) is 3.08. The highest BCUT2D eigenvalue weighted by Crippen LogP contribution is 2.33. The number of fused-ring (bicyclic) bond motifs is 1. The third-order valence-corrected chi connectivity index (χ3v) is 4.17. The molecule has 21 heavy (non-hydrogen) atoms. The molecule has 0 bridgehead atoms. The topological polar surface area (TPSA) is 73.6 Å². The zero-order valence-electron chi connectivity index (χ0n) is 11.4. The molecule has 2 heterocycles. The molecule has 0 unspecified atom stereocenters. The van der Waals surface area contributed by atoms with Crippen LogP contribution in [0.25, 0.3) is 16.0 Å². The molecule has 0 aliphatic heterocycles. The fourth-order valence-corrected chi connectivity index (χ4v) is 2.97. The molecule has 0 aliphatic rings. The zero-order valence-corrected chi connectivity index (χ0v) is 12.2. The van der Waals surface area contributed by atoms with Crippen molar-refractivity contribution in [2.45, 2.75) is 0 Å². The first-order chi connectivity index (χ1) is 10.1. The number of hydrogen-bond acceptors (Lipinski definition) is 6. The van der Waals surface area contributed by atoms with Crippen molar-refractivity contribution in [2.24, 2.45) is 0 Å². The predicted molar refractivity (Wildman–Crippen MR) is 78.5 cm³/mol. The van der Waals surface area contributed by atoms with Crippen LogP contribution in [0.1, 0.15) is 9.67 Å². The number of aromatic nitrogens is 2. The van der Waals surface area contributed by atoms with Gasteiger partial charge >= 0.3 is 5.97 Å². The number of ether oxygens (including phenoxy) is 2. The maximum Gasteiger partial charge on any atom is 0.351 e. The largest absolute Gasteiger partial charge is 0.506 e. The molecule has 0 atom stereocenters. The average molecular weight is 304 g/mol. The molecule has 0 amide bonds. The SMILES string of the molecule is COC(=O)c1sc(-n2cnc3ccc(OC)cc32)cc1O. The first kappa shape index (κ1) is 13.4. The number of thiophene rings is 1. The molecule has 0 spiro atoms. The summed E-state index contributed by atoms with van der Waals surface area (Å²) in [5.41, 5.74) is 1.62. The summed E-state index contributed by atoms with van der Waals surface area (Å²) in [6, 6.07) is 7.03. The van der Waals surface area contributed by atoms with Gasteiger partial charge in [0.25, 0.3) is 0 Å². The summed E-state index contributed by atoms with van der Waals surface area (Å²) in [5.74, 6) is 0.0376. The Hall–Kier alpha value is -2.54. The zero-order chi connectivity index (χ0) is 15.0. The van der Waals surface area contributed by atoms with E-state index in [1.807, 2.05) is 18.2 Å². The molecule has 0 saturated heterocycles. The number of benzene rings is 1. The van der Waals surface area contributed by atoms with Gasteiger partial charge in [0.2, 0.25) is 0 Å². The molecule has 0 fully saturated rings. The Morgan fingerprint density at radius 1 is 1.33 bits per heavy atom. The van der Waals surface area contributed by atoms with Crippen molar-refractivity contribution in [1.82, 2.24) is 9.55 Å². The second-order valence-corrected chi connectivity index (χ2v) is 5.29. The van der Waals surface area contributed by atoms with Crippen molar-refractivity contribution in [2.75, 3.05) is 14.2 Å². The number of rotatable bonds is 3. The van der Waals surface area contributed by atoms with E-state index in [1.54, 1.807) is 18.0 Å². The number of esters is 1. The summed E-state index contributed by atoms with van der Waals surface area (Å²) >= 11 is 1.14. The minimum atomic E-state index is -0.564. The van der Waals surface area contributed by atoms with E-state index in [0.29, 0.717) is 10.8 Å². The van der Waals surface area contributed by atoms with Gasteiger partial charge in [-0.15, -0.1) is 11.3 Å². The summed E-state index contributed by atoms with van der Waals surface area (Å²) in [6.07, 6.45) is 1.64. The van der Waals surface area contributed by atoms with Crippen LogP contribution in [0, 0.1) is 0 Å². The predicted octanol–water partition coefficient (Wildman–Crippen LogP) is 2.59. The van der Waals surface area contributed by atoms with Gasteiger partial charge in [0.1, 0.15) is 22.8 Å². The Kier molecular flexibility index (Phi) is 3.26. The van der Waals surface area contributed by atoms with E-state index < -0.39 is 5.97 Å². The Bertz CT molecular complexity index is 822. The van der Waals surface area contributed by atoms with Gasteiger partial charge in [-0.05, 0) is 12.1 Å². The van der Waals surface area contributed by atoms with Crippen molar-refractivity contribution in [3.63, 3.8) is 0 Å². The minimum Gasteiger partial charge on any atom is -0.506 e. The Morgan fingerprint density at radius 2 is 2.14 bits per heavy atom. The molecule has 0 saturated carbocycles. The number of hydrogen-bond donors (Lipinski definition) is 1. The standard InChI is InChI=1S/C14H12N2O4S/c1-19-8-3-4-9-10(5-8)16(7-15-9)12-6-11(17)13(21-12)14(18)20-2/h3-7,17H,1-2H3. The lowest BCUT2D eigenvalue weighted by Crippen LogP contribution is -1.97. The van der Waals surface area contributed by atoms with Crippen LogP contribution in [-0.4, -0.2) is 34.8 Å². The van der Waals surface area contributed by atoms with Gasteiger partial charge in [-0.3, -0.25) is 4.57 Å². The highest BCUT2D eigenvalue weighted by molar-refractivity contribution is 7.16. The monoisotopic (exact) mass is 304 g/mol. The van der Waals surface area contributed by atoms with E-state index in [0.717, 1.165) is 22.4 Å². The van der Waals surface area contributed by atoms with Gasteiger partial charge in [0.15, 0.2) is 4.88 Å². The van der Waals surface area contributed by atoms with Crippen LogP contribution in [0.2, 0.25) is 0 Å². The fraction of sp³-hybridized carbons (Fsp3) is 0.143. The molecule has 2 aromatic heterocycles. The number of methoxy groups -OCH3 is 2. The number of nitrogens with zero attached hydrogens (tertiary/aromatic N) is 2. The Morgan fingerprint density at radius 3 is 2.86 bits per heavy atom. The first-order valence-corrected chi connectivity index (χ1v) is 6.88. The summed E-state index contributed by atoms with van der Waals surface area (Å²) in [5, 5.41) is 10.5. The second kappa shape index (κ2) is 5.10. The highest BCUT2D eigenvalue weighted by atomic mass is 32.1. The lowest BCUT2D eigenvalue weighted by molar-refractivity contribution is 0.0603. The molecule has 0 radical (unpaired) electrons. The van der Waals surface area contributed by atoms with Gasteiger partial charge in [0, 0.05) is 12.1 Å². The van der Waals surface area contributed by atoms with Gasteiger partial charge in [-0.1, -0.05) is 0 Å². The number of aromatic hydroxyl groups is 1. The lowest BCUT2D eigenvalue weighted by Gasteiger charge is -2.02. The van der Waals surface area contributed by atoms with Crippen LogP contribution in [0.3, 0.4) is 0 Å². The Labute approximate surface area is 124 Å². The number of carbonyl (C=O) groups is 1. The van der Waals surface area contributed by atoms with Crippen molar-refractivity contribution < 1.29 is 19.4 Å². The molecule has 108 valence electrons. The molecular weight excluding hydrogens is 292 g/mol. The second-order valence-electron chi connectivity index (χ2n) is 4.26. The molecule has 6 nitrogen and oxygen atoms in total. The van der Waals surface area contributed by atoms with Gasteiger partial charge in [-0.2, -0.15) is 0 Å². The summed E-state index contributed by atoms with van der Waals surface area (Å²) in [4.78, 5) is 16.0. The molecule has 7 heteroatoms. The lowest BCUT2D eigenvalue weighted by atomic mass is 10.3. The third kappa shape index (κ3) is 2.21. The molecule has 3 rings (SSSR count). The van der Waals surface area contributed by atoms with Crippen LogP contribution in [0.4, 0.5) is 0 Å². The fourth-order valence-electron chi connectivity index (χ4n) is 2.02. The molecule has 1 N–H and O–H groups in total. The summed E-state index contributed by atoms with van der Waals surface area (Å²) < 4.78 is 11.6. The van der Waals surface area contributed by atoms with Crippen LogP contribution >= 0.6 is 11.3 Å². The first-order valence-electron chi connectivity index (χ1n) is 6.06. The van der Waals surface area contributed by atoms with Crippen molar-refractivity contribution in [1.29, 1.82) is 0 Å². The van der Waals surface area contributed by atoms with Gasteiger partial charge in [0.05, 0.1) is 25.3 Å². The van der Waals surface area contributed by atoms with Crippen molar-refractivity contribution in [3.05, 3.63) is 35.5 Å². The summed E-state index contributed by atoms with van der Waals surface area (Å²) in [6.45, 7) is 0. The number of carbonyl (C=O) groups excluding carboxylic acids is 1. The third-order valence-electron chi connectivity index (χ3n) is 3.06. The molecular formula is C14H12N2O4S. The van der Waals surface area contributed by atoms with Crippen LogP contribution in [0.15, 0.2) is 30.6 Å². The Balaban J connectivity index is 2.14. The van der Waals surface area contributed by atoms with Gasteiger partial charge < -0.3 is 14.6 Å². The van der Waals surface area contributed by atoms with E-state index in [2.05, 4.69) is 9.72 Å². The van der Waals surface area contributed by atoms with E-state index in [9.17, 15) is 9.90 Å². The smallest absolute Gasteiger partial charge is 0.351 e. The maximum absolute atomic E-state index is 11.6. The summed E-state index contributed by atoms with van der Waals surface area (Å²) in [7, 11) is 2.87. The molecule has 1 aromatic carbocycles. The van der Waals surface area contributed by atoms with Crippen molar-refractivity contribution >= 4 is 28.3 Å². The van der Waals surface area contributed by atoms with E-state index in [-0.39, 0.29) is 10.6 Å².